The molecule has 1 atom stereocenters. The molecule has 0 unspecified atom stereocenters. The second-order valence-corrected chi connectivity index (χ2v) is 5.34. The van der Waals surface area contributed by atoms with Crippen LogP contribution in [0.15, 0.2) is 12.1 Å². The number of hydrogen-bond acceptors (Lipinski definition) is 5. The van der Waals surface area contributed by atoms with Gasteiger partial charge in [0.05, 0.1) is 24.0 Å². The maximum absolute atomic E-state index is 12.3. The highest BCUT2D eigenvalue weighted by atomic mass is 16.5. The summed E-state index contributed by atoms with van der Waals surface area (Å²) in [4.78, 5) is 18.5. The number of carbonyl (C=O) groups is 1. The van der Waals surface area contributed by atoms with Crippen molar-refractivity contribution >= 4 is 11.6 Å². The van der Waals surface area contributed by atoms with E-state index < -0.39 is 6.85 Å². The first kappa shape index (κ1) is 11.0. The van der Waals surface area contributed by atoms with Crippen molar-refractivity contribution < 1.29 is 13.6 Å². The molecule has 0 bridgehead atoms. The summed E-state index contributed by atoms with van der Waals surface area (Å²) in [5.74, 6) is -0.358. The number of amides is 1. The minimum atomic E-state index is -2.37. The minimum Gasteiger partial charge on any atom is -0.379 e. The quantitative estimate of drug-likeness (QED) is 0.840. The van der Waals surface area contributed by atoms with Crippen LogP contribution in [-0.2, 0) is 4.74 Å². The van der Waals surface area contributed by atoms with Gasteiger partial charge < -0.3 is 20.3 Å². The minimum absolute atomic E-state index is 0.0141. The Hall–Kier alpha value is -1.66. The van der Waals surface area contributed by atoms with E-state index in [4.69, 9.17) is 8.85 Å². The van der Waals surface area contributed by atoms with Crippen molar-refractivity contribution in [3.63, 3.8) is 0 Å². The molecule has 114 valence electrons. The third kappa shape index (κ3) is 3.33. The summed E-state index contributed by atoms with van der Waals surface area (Å²) in [5, 5.41) is 6.07. The first-order chi connectivity index (χ1) is 11.4. The molecule has 1 aromatic rings. The zero-order chi connectivity index (χ0) is 17.2. The second-order valence-electron chi connectivity index (χ2n) is 5.34. The number of nitrogens with zero attached hydrogens (tertiary/aromatic N) is 2. The third-order valence-electron chi connectivity index (χ3n) is 3.83. The summed E-state index contributed by atoms with van der Waals surface area (Å²) in [6.45, 7) is 1.77. The largest absolute Gasteiger partial charge is 0.379 e. The number of aryl methyl sites for hydroxylation is 1. The number of anilines is 1. The molecule has 2 N–H and O–H groups in total. The van der Waals surface area contributed by atoms with Crippen LogP contribution in [-0.4, -0.2) is 56.3 Å². The van der Waals surface area contributed by atoms with E-state index in [1.807, 2.05) is 4.90 Å². The Bertz CT molecular complexity index is 597. The van der Waals surface area contributed by atoms with Crippen LogP contribution in [0.5, 0.6) is 0 Å². The summed E-state index contributed by atoms with van der Waals surface area (Å²) in [6.07, 6.45) is 0.761. The topological polar surface area (TPSA) is 66.5 Å². The van der Waals surface area contributed by atoms with Crippen LogP contribution in [0.25, 0.3) is 0 Å². The molecule has 1 aromatic heterocycles. The van der Waals surface area contributed by atoms with Crippen LogP contribution in [0.4, 0.5) is 5.69 Å². The van der Waals surface area contributed by atoms with Gasteiger partial charge in [-0.3, -0.25) is 4.79 Å². The van der Waals surface area contributed by atoms with Crippen molar-refractivity contribution in [3.05, 3.63) is 23.5 Å². The number of carbonyl (C=O) groups excluding carboxylic acids is 1. The first-order valence-corrected chi connectivity index (χ1v) is 7.31. The zero-order valence-corrected chi connectivity index (χ0v) is 11.9. The second kappa shape index (κ2) is 6.41. The van der Waals surface area contributed by atoms with Gasteiger partial charge >= 0.3 is 0 Å². The average Bonchev–Trinajstić information content (AvgIpc) is 3.07. The number of nitrogens with one attached hydrogen (secondary N) is 2. The maximum Gasteiger partial charge on any atom is 0.270 e. The fourth-order valence-electron chi connectivity index (χ4n) is 2.65. The summed E-state index contributed by atoms with van der Waals surface area (Å²) >= 11 is 0. The highest BCUT2D eigenvalue weighted by molar-refractivity contribution is 5.92. The van der Waals surface area contributed by atoms with E-state index in [9.17, 15) is 4.79 Å². The van der Waals surface area contributed by atoms with Gasteiger partial charge in [-0.2, -0.15) is 0 Å². The lowest BCUT2D eigenvalue weighted by Gasteiger charge is -2.30. The molecule has 3 heterocycles. The van der Waals surface area contributed by atoms with E-state index in [-0.39, 0.29) is 23.3 Å². The molecule has 0 saturated carbocycles. The van der Waals surface area contributed by atoms with Gasteiger partial charge in [-0.05, 0) is 25.4 Å². The molecule has 0 radical (unpaired) electrons. The van der Waals surface area contributed by atoms with Crippen molar-refractivity contribution in [2.45, 2.75) is 19.3 Å². The summed E-state index contributed by atoms with van der Waals surface area (Å²) in [7, 11) is 0. The molecular weight excluding hydrogens is 268 g/mol. The smallest absolute Gasteiger partial charge is 0.270 e. The number of ether oxygens (including phenoxy) is 1. The van der Waals surface area contributed by atoms with Crippen molar-refractivity contribution in [3.8, 4) is 0 Å². The fraction of sp³-hybridized carbons (Fsp3) is 0.600. The first-order valence-electron chi connectivity index (χ1n) is 8.81. The SMILES string of the molecule is [2H]C([2H])([2H])c1nc(C(=O)N[C@@H]2CCOC2)ccc1N1CCNCC1. The number of pyridine rings is 1. The third-order valence-corrected chi connectivity index (χ3v) is 3.83. The molecule has 2 aliphatic heterocycles. The van der Waals surface area contributed by atoms with Gasteiger partial charge in [0.2, 0.25) is 0 Å². The van der Waals surface area contributed by atoms with Gasteiger partial charge in [-0.1, -0.05) is 0 Å². The molecule has 0 aliphatic carbocycles. The molecule has 2 fully saturated rings. The predicted octanol–water partition coefficient (Wildman–Crippen LogP) is 0.318. The standard InChI is InChI=1S/C15H22N4O2/c1-11-14(19-7-5-16-6-8-19)3-2-13(17-11)15(20)18-12-4-9-21-10-12/h2-3,12,16H,4-10H2,1H3,(H,18,20)/t12-/m1/s1/i1D3. The van der Waals surface area contributed by atoms with Crippen molar-refractivity contribution in [2.24, 2.45) is 0 Å². The van der Waals surface area contributed by atoms with E-state index in [0.717, 1.165) is 32.6 Å². The number of hydrogen-bond donors (Lipinski definition) is 2. The lowest BCUT2D eigenvalue weighted by atomic mass is 10.2. The van der Waals surface area contributed by atoms with Gasteiger partial charge in [0.15, 0.2) is 0 Å². The molecule has 1 amide bonds. The molecule has 0 spiro atoms. The highest BCUT2D eigenvalue weighted by Gasteiger charge is 2.20. The summed E-state index contributed by atoms with van der Waals surface area (Å²) < 4.78 is 28.5. The lowest BCUT2D eigenvalue weighted by molar-refractivity contribution is 0.0924. The van der Waals surface area contributed by atoms with E-state index in [0.29, 0.717) is 18.9 Å². The average molecular weight is 293 g/mol. The number of piperazine rings is 1. The monoisotopic (exact) mass is 293 g/mol. The Morgan fingerprint density at radius 3 is 3.10 bits per heavy atom. The Morgan fingerprint density at radius 1 is 1.52 bits per heavy atom. The summed E-state index contributed by atoms with van der Waals surface area (Å²) in [5.41, 5.74) is 0.698. The number of rotatable bonds is 3. The molecule has 0 aromatic carbocycles. The lowest BCUT2D eigenvalue weighted by Crippen LogP contribution is -2.44. The van der Waals surface area contributed by atoms with Crippen molar-refractivity contribution in [1.29, 1.82) is 0 Å². The Kier molecular flexibility index (Phi) is 3.35. The Labute approximate surface area is 129 Å². The van der Waals surface area contributed by atoms with Gasteiger partial charge in [0.25, 0.3) is 5.91 Å². The normalized spacial score (nSPS) is 25.0. The molecule has 3 rings (SSSR count). The van der Waals surface area contributed by atoms with Gasteiger partial charge in [0.1, 0.15) is 5.69 Å². The molecule has 6 heteroatoms. The molecule has 6 nitrogen and oxygen atoms in total. The Morgan fingerprint density at radius 2 is 2.38 bits per heavy atom. The zero-order valence-electron chi connectivity index (χ0n) is 14.9. The fourth-order valence-corrected chi connectivity index (χ4v) is 2.65. The van der Waals surface area contributed by atoms with Crippen LogP contribution < -0.4 is 15.5 Å². The predicted molar refractivity (Wildman–Crippen MR) is 80.7 cm³/mol. The maximum atomic E-state index is 12.3. The molecule has 2 saturated heterocycles. The summed E-state index contributed by atoms with van der Waals surface area (Å²) in [6, 6.07) is 3.25. The van der Waals surface area contributed by atoms with E-state index in [1.165, 1.54) is 0 Å². The van der Waals surface area contributed by atoms with Crippen molar-refractivity contribution in [1.82, 2.24) is 15.6 Å². The van der Waals surface area contributed by atoms with Crippen LogP contribution in [0.3, 0.4) is 0 Å². The Balaban J connectivity index is 1.84. The van der Waals surface area contributed by atoms with Crippen LogP contribution in [0, 0.1) is 6.85 Å². The van der Waals surface area contributed by atoms with Crippen molar-refractivity contribution in [2.75, 3.05) is 44.3 Å². The van der Waals surface area contributed by atoms with Crippen LogP contribution >= 0.6 is 0 Å². The molecular formula is C15H22N4O2. The van der Waals surface area contributed by atoms with Gasteiger partial charge in [-0.15, -0.1) is 0 Å². The number of aromatic nitrogens is 1. The molecule has 2 aliphatic rings. The van der Waals surface area contributed by atoms with Gasteiger partial charge in [-0.25, -0.2) is 4.98 Å². The van der Waals surface area contributed by atoms with Crippen LogP contribution in [0.2, 0.25) is 0 Å². The van der Waals surface area contributed by atoms with E-state index in [1.54, 1.807) is 12.1 Å². The van der Waals surface area contributed by atoms with E-state index >= 15 is 0 Å². The van der Waals surface area contributed by atoms with Crippen LogP contribution in [0.1, 0.15) is 26.7 Å². The van der Waals surface area contributed by atoms with E-state index in [2.05, 4.69) is 15.6 Å². The molecule has 21 heavy (non-hydrogen) atoms. The van der Waals surface area contributed by atoms with Gasteiger partial charge in [0, 0.05) is 36.9 Å². The highest BCUT2D eigenvalue weighted by Crippen LogP contribution is 2.19.